The Balaban J connectivity index is 1.40. The number of aromatic nitrogens is 4. The van der Waals surface area contributed by atoms with Crippen molar-refractivity contribution in [3.63, 3.8) is 0 Å². The summed E-state index contributed by atoms with van der Waals surface area (Å²) in [4.78, 5) is 32.5. The highest BCUT2D eigenvalue weighted by Gasteiger charge is 2.49. The van der Waals surface area contributed by atoms with Gasteiger partial charge < -0.3 is 24.4 Å². The molecule has 0 spiro atoms. The molecular formula is C22H28N6O5. The lowest BCUT2D eigenvalue weighted by molar-refractivity contribution is -0.151. The Kier molecular flexibility index (Phi) is 5.98. The van der Waals surface area contributed by atoms with Gasteiger partial charge in [0, 0.05) is 26.4 Å². The zero-order chi connectivity index (χ0) is 22.8. The largest absolute Gasteiger partial charge is 0.489 e. The van der Waals surface area contributed by atoms with Crippen LogP contribution in [0.4, 0.5) is 0 Å². The van der Waals surface area contributed by atoms with Crippen LogP contribution in [0.25, 0.3) is 0 Å². The maximum Gasteiger partial charge on any atom is 0.274 e. The molecule has 33 heavy (non-hydrogen) atoms. The summed E-state index contributed by atoms with van der Waals surface area (Å²) in [6.45, 7) is 2.16. The number of rotatable bonds is 3. The highest BCUT2D eigenvalue weighted by molar-refractivity contribution is 5.95. The minimum atomic E-state index is -0.471. The second kappa shape index (κ2) is 9.06. The average molecular weight is 457 g/mol. The van der Waals surface area contributed by atoms with Crippen LogP contribution in [0.5, 0.6) is 5.75 Å². The summed E-state index contributed by atoms with van der Waals surface area (Å²) in [5, 5.41) is 11.3. The highest BCUT2D eigenvalue weighted by atomic mass is 16.5. The Morgan fingerprint density at radius 2 is 2.24 bits per heavy atom. The number of carbonyl (C=O) groups is 2. The van der Waals surface area contributed by atoms with Crippen molar-refractivity contribution < 1.29 is 23.8 Å². The van der Waals surface area contributed by atoms with Crippen LogP contribution < -0.4 is 10.1 Å². The van der Waals surface area contributed by atoms with Crippen molar-refractivity contribution >= 4 is 11.8 Å². The lowest BCUT2D eigenvalue weighted by Crippen LogP contribution is -2.50. The van der Waals surface area contributed by atoms with E-state index in [1.807, 2.05) is 6.20 Å². The Bertz CT molecular complexity index is 1020. The molecule has 2 amide bonds. The molecule has 2 aliphatic heterocycles. The van der Waals surface area contributed by atoms with E-state index >= 15 is 0 Å². The number of nitrogens with zero attached hydrogens (tertiary/aromatic N) is 5. The van der Waals surface area contributed by atoms with E-state index in [0.29, 0.717) is 44.3 Å². The quantitative estimate of drug-likeness (QED) is 0.705. The second-order valence-corrected chi connectivity index (χ2v) is 8.88. The lowest BCUT2D eigenvalue weighted by atomic mass is 9.68. The third-order valence-corrected chi connectivity index (χ3v) is 6.65. The molecule has 2 aromatic heterocycles. The predicted molar refractivity (Wildman–Crippen MR) is 114 cm³/mol. The molecule has 1 N–H and O–H groups in total. The number of amides is 2. The maximum atomic E-state index is 13.4. The third kappa shape index (κ3) is 4.30. The molecule has 3 aliphatic rings. The van der Waals surface area contributed by atoms with Crippen molar-refractivity contribution in [2.75, 3.05) is 33.4 Å². The van der Waals surface area contributed by atoms with Crippen LogP contribution in [0.2, 0.25) is 0 Å². The summed E-state index contributed by atoms with van der Waals surface area (Å²) < 4.78 is 19.0. The van der Waals surface area contributed by atoms with Gasteiger partial charge in [0.05, 0.1) is 43.5 Å². The molecule has 2 fully saturated rings. The highest BCUT2D eigenvalue weighted by Crippen LogP contribution is 2.43. The molecule has 2 bridgehead atoms. The number of hydrogen-bond acceptors (Lipinski definition) is 8. The summed E-state index contributed by atoms with van der Waals surface area (Å²) in [7, 11) is 1.62. The molecule has 11 heteroatoms. The monoisotopic (exact) mass is 456 g/mol. The van der Waals surface area contributed by atoms with E-state index in [4.69, 9.17) is 14.2 Å². The number of hydrogen-bond donors (Lipinski definition) is 1. The van der Waals surface area contributed by atoms with Gasteiger partial charge in [-0.1, -0.05) is 11.6 Å². The van der Waals surface area contributed by atoms with Gasteiger partial charge in [-0.3, -0.25) is 9.59 Å². The number of carbonyl (C=O) groups excluding carboxylic acids is 2. The molecule has 0 aromatic carbocycles. The molecule has 1 aliphatic carbocycles. The van der Waals surface area contributed by atoms with Gasteiger partial charge in [0.2, 0.25) is 5.91 Å². The first-order valence-corrected chi connectivity index (χ1v) is 11.3. The van der Waals surface area contributed by atoms with Gasteiger partial charge in [-0.05, 0) is 25.0 Å². The van der Waals surface area contributed by atoms with E-state index in [-0.39, 0.29) is 24.1 Å². The van der Waals surface area contributed by atoms with Gasteiger partial charge in [-0.25, -0.2) is 9.67 Å². The van der Waals surface area contributed by atoms with Crippen LogP contribution >= 0.6 is 0 Å². The SMILES string of the molecule is COCC1(C(=O)N2C[C@@H]3NC(=O)c4ncccc4OCCn4cc(nn4)CO[C@H]3C2)CCC1. The van der Waals surface area contributed by atoms with Crippen molar-refractivity contribution in [3.05, 3.63) is 35.9 Å². The molecule has 176 valence electrons. The van der Waals surface area contributed by atoms with E-state index in [1.165, 1.54) is 0 Å². The number of fused-ring (bicyclic) bond motifs is 4. The fourth-order valence-electron chi connectivity index (χ4n) is 4.75. The Morgan fingerprint density at radius 3 is 3.03 bits per heavy atom. The molecule has 1 saturated carbocycles. The molecular weight excluding hydrogens is 428 g/mol. The topological polar surface area (TPSA) is 121 Å². The van der Waals surface area contributed by atoms with E-state index in [9.17, 15) is 9.59 Å². The lowest BCUT2D eigenvalue weighted by Gasteiger charge is -2.42. The molecule has 5 rings (SSSR count). The first-order valence-electron chi connectivity index (χ1n) is 11.3. The van der Waals surface area contributed by atoms with Crippen molar-refractivity contribution in [2.45, 2.75) is 44.6 Å². The van der Waals surface area contributed by atoms with Gasteiger partial charge in [-0.15, -0.1) is 5.10 Å². The van der Waals surface area contributed by atoms with Crippen molar-refractivity contribution in [3.8, 4) is 5.75 Å². The van der Waals surface area contributed by atoms with Crippen molar-refractivity contribution in [1.29, 1.82) is 0 Å². The van der Waals surface area contributed by atoms with Gasteiger partial charge in [0.15, 0.2) is 11.4 Å². The number of pyridine rings is 1. The number of methoxy groups -OCH3 is 1. The summed E-state index contributed by atoms with van der Waals surface area (Å²) >= 11 is 0. The predicted octanol–water partition coefficient (Wildman–Crippen LogP) is 0.408. The smallest absolute Gasteiger partial charge is 0.274 e. The first kappa shape index (κ1) is 21.8. The van der Waals surface area contributed by atoms with Crippen LogP contribution in [0.15, 0.2) is 24.5 Å². The first-order chi connectivity index (χ1) is 16.1. The van der Waals surface area contributed by atoms with E-state index < -0.39 is 17.6 Å². The number of nitrogens with one attached hydrogen (secondary N) is 1. The molecule has 4 heterocycles. The van der Waals surface area contributed by atoms with E-state index in [0.717, 1.165) is 19.3 Å². The number of ether oxygens (including phenoxy) is 3. The summed E-state index contributed by atoms with van der Waals surface area (Å²) in [6, 6.07) is 3.04. The maximum absolute atomic E-state index is 13.4. The van der Waals surface area contributed by atoms with Gasteiger partial charge in [-0.2, -0.15) is 0 Å². The molecule has 0 unspecified atom stereocenters. The normalized spacial score (nSPS) is 24.5. The standard InChI is InChI=1S/C22H28N6O5/c1-31-14-22(5-3-6-22)21(30)27-11-16-18(12-27)33-13-15-10-28(26-25-15)8-9-32-17-4-2-7-23-19(17)20(29)24-16/h2,4,7,10,16,18H,3,5-6,8-9,11-14H2,1H3,(H,24,29)/t16-,18-/m0/s1. The van der Waals surface area contributed by atoms with Gasteiger partial charge in [0.1, 0.15) is 12.3 Å². The fraction of sp³-hybridized carbons (Fsp3) is 0.591. The summed E-state index contributed by atoms with van der Waals surface area (Å²) in [5.74, 6) is 0.0960. The fourth-order valence-corrected chi connectivity index (χ4v) is 4.75. The summed E-state index contributed by atoms with van der Waals surface area (Å²) in [6.07, 6.45) is 5.62. The van der Waals surface area contributed by atoms with E-state index in [1.54, 1.807) is 35.0 Å². The number of likely N-dealkylation sites (tertiary alicyclic amines) is 1. The second-order valence-electron chi connectivity index (χ2n) is 8.88. The van der Waals surface area contributed by atoms with Crippen LogP contribution in [0.3, 0.4) is 0 Å². The van der Waals surface area contributed by atoms with Crippen molar-refractivity contribution in [1.82, 2.24) is 30.2 Å². The van der Waals surface area contributed by atoms with Gasteiger partial charge >= 0.3 is 0 Å². The third-order valence-electron chi connectivity index (χ3n) is 6.65. The van der Waals surface area contributed by atoms with Crippen LogP contribution in [-0.2, 0) is 27.4 Å². The van der Waals surface area contributed by atoms with Crippen LogP contribution in [0.1, 0.15) is 35.4 Å². The molecule has 2 atom stereocenters. The van der Waals surface area contributed by atoms with E-state index in [2.05, 4.69) is 20.6 Å². The molecule has 1 saturated heterocycles. The zero-order valence-electron chi connectivity index (χ0n) is 18.6. The summed E-state index contributed by atoms with van der Waals surface area (Å²) in [5.41, 5.74) is 0.410. The van der Waals surface area contributed by atoms with Crippen LogP contribution in [-0.4, -0.2) is 82.3 Å². The minimum absolute atomic E-state index is 0.0617. The minimum Gasteiger partial charge on any atom is -0.489 e. The zero-order valence-corrected chi connectivity index (χ0v) is 18.6. The van der Waals surface area contributed by atoms with Crippen molar-refractivity contribution in [2.24, 2.45) is 5.41 Å². The van der Waals surface area contributed by atoms with Gasteiger partial charge in [0.25, 0.3) is 5.91 Å². The average Bonchev–Trinajstić information content (AvgIpc) is 3.41. The molecule has 0 radical (unpaired) electrons. The Hall–Kier alpha value is -3.05. The molecule has 2 aromatic rings. The Morgan fingerprint density at radius 1 is 1.36 bits per heavy atom. The van der Waals surface area contributed by atoms with Crippen LogP contribution in [0, 0.1) is 5.41 Å². The molecule has 11 nitrogen and oxygen atoms in total. The Labute approximate surface area is 191 Å².